The van der Waals surface area contributed by atoms with Crippen LogP contribution in [0.5, 0.6) is 0 Å². The van der Waals surface area contributed by atoms with E-state index < -0.39 is 5.92 Å². The maximum atomic E-state index is 12.3. The fraction of sp³-hybridized carbons (Fsp3) is 0.188. The molecular formula is C16H13NO2. The fourth-order valence-corrected chi connectivity index (χ4v) is 2.42. The van der Waals surface area contributed by atoms with Crippen LogP contribution in [0, 0.1) is 13.8 Å². The maximum absolute atomic E-state index is 12.3. The van der Waals surface area contributed by atoms with Gasteiger partial charge in [0.05, 0.1) is 5.69 Å². The fourth-order valence-electron chi connectivity index (χ4n) is 2.42. The number of aromatic nitrogens is 1. The van der Waals surface area contributed by atoms with E-state index in [2.05, 4.69) is 4.98 Å². The van der Waals surface area contributed by atoms with E-state index in [4.69, 9.17) is 0 Å². The summed E-state index contributed by atoms with van der Waals surface area (Å²) in [5.41, 5.74) is 3.48. The minimum absolute atomic E-state index is 0.142. The van der Waals surface area contributed by atoms with Crippen molar-refractivity contribution in [3.63, 3.8) is 0 Å². The lowest BCUT2D eigenvalue weighted by Gasteiger charge is -2.08. The van der Waals surface area contributed by atoms with E-state index in [1.54, 1.807) is 30.3 Å². The average molecular weight is 251 g/mol. The van der Waals surface area contributed by atoms with Crippen LogP contribution in [0.4, 0.5) is 0 Å². The van der Waals surface area contributed by atoms with E-state index in [0.717, 1.165) is 11.3 Å². The predicted molar refractivity (Wildman–Crippen MR) is 71.6 cm³/mol. The zero-order valence-corrected chi connectivity index (χ0v) is 10.8. The number of pyridine rings is 1. The van der Waals surface area contributed by atoms with Crippen LogP contribution in [0.25, 0.3) is 0 Å². The monoisotopic (exact) mass is 251 g/mol. The van der Waals surface area contributed by atoms with Gasteiger partial charge in [0.15, 0.2) is 11.6 Å². The Morgan fingerprint density at radius 1 is 0.895 bits per heavy atom. The Morgan fingerprint density at radius 2 is 1.47 bits per heavy atom. The Labute approximate surface area is 111 Å². The van der Waals surface area contributed by atoms with Gasteiger partial charge < -0.3 is 0 Å². The van der Waals surface area contributed by atoms with Crippen LogP contribution in [0.1, 0.15) is 43.6 Å². The van der Waals surface area contributed by atoms with E-state index in [1.807, 2.05) is 19.9 Å². The Morgan fingerprint density at radius 3 is 2.00 bits per heavy atom. The third-order valence-electron chi connectivity index (χ3n) is 3.65. The van der Waals surface area contributed by atoms with Crippen LogP contribution in [-0.4, -0.2) is 16.6 Å². The lowest BCUT2D eigenvalue weighted by molar-refractivity contribution is 0.0888. The third-order valence-corrected chi connectivity index (χ3v) is 3.65. The van der Waals surface area contributed by atoms with Crippen LogP contribution in [0.2, 0.25) is 0 Å². The molecule has 1 aliphatic carbocycles. The molecule has 2 aromatic rings. The van der Waals surface area contributed by atoms with Crippen LogP contribution in [0.15, 0.2) is 36.4 Å². The number of ketones is 2. The van der Waals surface area contributed by atoms with Crippen molar-refractivity contribution in [3.8, 4) is 0 Å². The first-order chi connectivity index (χ1) is 9.09. The van der Waals surface area contributed by atoms with Crippen molar-refractivity contribution in [1.82, 2.24) is 4.98 Å². The number of fused-ring (bicyclic) bond motifs is 1. The van der Waals surface area contributed by atoms with Crippen molar-refractivity contribution >= 4 is 11.6 Å². The van der Waals surface area contributed by atoms with Gasteiger partial charge in [-0.05, 0) is 25.5 Å². The number of aryl methyl sites for hydroxylation is 2. The summed E-state index contributed by atoms with van der Waals surface area (Å²) in [6.45, 7) is 3.84. The number of rotatable bonds is 1. The smallest absolute Gasteiger partial charge is 0.180 e. The Kier molecular flexibility index (Phi) is 2.56. The number of Topliss-reactive ketones (excluding diaryl/α,β-unsaturated/α-hetero) is 2. The lowest BCUT2D eigenvalue weighted by atomic mass is 9.98. The predicted octanol–water partition coefficient (Wildman–Crippen LogP) is 2.86. The molecule has 0 N–H and O–H groups in total. The molecule has 0 amide bonds. The second-order valence-electron chi connectivity index (χ2n) is 4.85. The SMILES string of the molecule is Cc1ccc(C2C(=O)c3ccccc3C2=O)nc1C. The van der Waals surface area contributed by atoms with Gasteiger partial charge in [0.25, 0.3) is 0 Å². The minimum atomic E-state index is -0.767. The first-order valence-electron chi connectivity index (χ1n) is 6.21. The highest BCUT2D eigenvalue weighted by atomic mass is 16.2. The molecule has 3 heteroatoms. The number of hydrogen-bond donors (Lipinski definition) is 0. The van der Waals surface area contributed by atoms with Gasteiger partial charge in [0.1, 0.15) is 5.92 Å². The van der Waals surface area contributed by atoms with Gasteiger partial charge in [0, 0.05) is 16.8 Å². The van der Waals surface area contributed by atoms with E-state index >= 15 is 0 Å². The van der Waals surface area contributed by atoms with Gasteiger partial charge in [-0.2, -0.15) is 0 Å². The highest BCUT2D eigenvalue weighted by molar-refractivity contribution is 6.29. The first-order valence-corrected chi connectivity index (χ1v) is 6.21. The summed E-state index contributed by atoms with van der Waals surface area (Å²) in [7, 11) is 0. The standard InChI is InChI=1S/C16H13NO2/c1-9-7-8-13(17-10(9)2)14-15(18)11-5-3-4-6-12(11)16(14)19/h3-8,14H,1-2H3. The number of nitrogens with zero attached hydrogens (tertiary/aromatic N) is 1. The van der Waals surface area contributed by atoms with Crippen LogP contribution < -0.4 is 0 Å². The molecule has 0 bridgehead atoms. The van der Waals surface area contributed by atoms with Gasteiger partial charge in [-0.15, -0.1) is 0 Å². The maximum Gasteiger partial charge on any atom is 0.180 e. The second-order valence-corrected chi connectivity index (χ2v) is 4.85. The summed E-state index contributed by atoms with van der Waals surface area (Å²) in [5, 5.41) is 0. The van der Waals surface area contributed by atoms with Crippen molar-refractivity contribution in [1.29, 1.82) is 0 Å². The zero-order chi connectivity index (χ0) is 13.6. The second kappa shape index (κ2) is 4.12. The molecule has 0 unspecified atom stereocenters. The number of hydrogen-bond acceptors (Lipinski definition) is 3. The summed E-state index contributed by atoms with van der Waals surface area (Å²) in [6, 6.07) is 10.6. The molecule has 0 atom stereocenters. The van der Waals surface area contributed by atoms with Crippen molar-refractivity contribution in [2.24, 2.45) is 0 Å². The van der Waals surface area contributed by atoms with Crippen LogP contribution in [0.3, 0.4) is 0 Å². The highest BCUT2D eigenvalue weighted by Gasteiger charge is 2.40. The Balaban J connectivity index is 2.11. The van der Waals surface area contributed by atoms with E-state index in [1.165, 1.54) is 0 Å². The lowest BCUT2D eigenvalue weighted by Crippen LogP contribution is -2.15. The molecule has 0 fully saturated rings. The molecular weight excluding hydrogens is 238 g/mol. The van der Waals surface area contributed by atoms with Gasteiger partial charge in [-0.25, -0.2) is 0 Å². The summed E-state index contributed by atoms with van der Waals surface area (Å²) >= 11 is 0. The van der Waals surface area contributed by atoms with Crippen molar-refractivity contribution in [2.45, 2.75) is 19.8 Å². The summed E-state index contributed by atoms with van der Waals surface area (Å²) in [4.78, 5) is 29.1. The van der Waals surface area contributed by atoms with Gasteiger partial charge in [-0.1, -0.05) is 30.3 Å². The normalized spacial score (nSPS) is 14.8. The molecule has 3 nitrogen and oxygen atoms in total. The minimum Gasteiger partial charge on any atom is -0.293 e. The molecule has 0 saturated carbocycles. The molecule has 19 heavy (non-hydrogen) atoms. The van der Waals surface area contributed by atoms with Crippen molar-refractivity contribution < 1.29 is 9.59 Å². The third kappa shape index (κ3) is 1.70. The van der Waals surface area contributed by atoms with Crippen molar-refractivity contribution in [2.75, 3.05) is 0 Å². The van der Waals surface area contributed by atoms with Crippen molar-refractivity contribution in [3.05, 3.63) is 64.5 Å². The van der Waals surface area contributed by atoms with Crippen LogP contribution >= 0.6 is 0 Å². The molecule has 0 radical (unpaired) electrons. The van der Waals surface area contributed by atoms with Gasteiger partial charge in [0.2, 0.25) is 0 Å². The quantitative estimate of drug-likeness (QED) is 0.732. The Hall–Kier alpha value is -2.29. The summed E-state index contributed by atoms with van der Waals surface area (Å²) in [5.74, 6) is -1.05. The molecule has 94 valence electrons. The molecule has 1 aromatic carbocycles. The van der Waals surface area contributed by atoms with Gasteiger partial charge in [-0.3, -0.25) is 14.6 Å². The molecule has 1 heterocycles. The zero-order valence-electron chi connectivity index (χ0n) is 10.8. The first kappa shape index (κ1) is 11.8. The van der Waals surface area contributed by atoms with E-state index in [9.17, 15) is 9.59 Å². The number of carbonyl (C=O) groups excluding carboxylic acids is 2. The average Bonchev–Trinajstić information content (AvgIpc) is 2.66. The molecule has 0 aliphatic heterocycles. The number of benzene rings is 1. The summed E-state index contributed by atoms with van der Waals surface area (Å²) in [6.07, 6.45) is 0. The van der Waals surface area contributed by atoms with Crippen LogP contribution in [-0.2, 0) is 0 Å². The molecule has 1 aliphatic rings. The van der Waals surface area contributed by atoms with E-state index in [-0.39, 0.29) is 11.6 Å². The largest absolute Gasteiger partial charge is 0.293 e. The molecule has 0 saturated heterocycles. The summed E-state index contributed by atoms with van der Waals surface area (Å²) < 4.78 is 0. The number of carbonyl (C=O) groups is 2. The topological polar surface area (TPSA) is 47.0 Å². The molecule has 1 aromatic heterocycles. The van der Waals surface area contributed by atoms with Gasteiger partial charge >= 0.3 is 0 Å². The molecule has 0 spiro atoms. The van der Waals surface area contributed by atoms with E-state index in [0.29, 0.717) is 16.8 Å². The highest BCUT2D eigenvalue weighted by Crippen LogP contribution is 2.33. The Bertz CT molecular complexity index is 669. The molecule has 3 rings (SSSR count).